The van der Waals surface area contributed by atoms with E-state index in [9.17, 15) is 12.8 Å². The van der Waals surface area contributed by atoms with Gasteiger partial charge in [0.05, 0.1) is 11.5 Å². The van der Waals surface area contributed by atoms with Crippen molar-refractivity contribution in [3.8, 4) is 0 Å². The highest BCUT2D eigenvalue weighted by Crippen LogP contribution is 2.20. The maximum atomic E-state index is 12.9. The molecule has 0 aromatic heterocycles. The van der Waals surface area contributed by atoms with Gasteiger partial charge in [-0.15, -0.1) is 0 Å². The molecule has 0 aliphatic carbocycles. The molecule has 1 aliphatic rings. The largest absolute Gasteiger partial charge is 0.345 e. The maximum absolute atomic E-state index is 12.9. The third-order valence-corrected chi connectivity index (χ3v) is 5.56. The fourth-order valence-corrected chi connectivity index (χ4v) is 4.53. The van der Waals surface area contributed by atoms with Gasteiger partial charge in [-0.2, -0.15) is 0 Å². The minimum Gasteiger partial charge on any atom is -0.345 e. The highest BCUT2D eigenvalue weighted by atomic mass is 32.2. The lowest BCUT2D eigenvalue weighted by Gasteiger charge is -2.30. The molecule has 1 heterocycles. The first-order valence-corrected chi connectivity index (χ1v) is 9.18. The number of halogens is 1. The Morgan fingerprint density at radius 2 is 2.10 bits per heavy atom. The third kappa shape index (κ3) is 4.38. The highest BCUT2D eigenvalue weighted by Gasteiger charge is 2.33. The van der Waals surface area contributed by atoms with Crippen LogP contribution in [-0.2, 0) is 9.84 Å². The van der Waals surface area contributed by atoms with E-state index in [-0.39, 0.29) is 23.4 Å². The number of nitrogens with zero attached hydrogens (tertiary/aromatic N) is 1. The lowest BCUT2D eigenvalue weighted by Crippen LogP contribution is -2.43. The number of anilines is 1. The second kappa shape index (κ2) is 6.70. The van der Waals surface area contributed by atoms with E-state index in [1.165, 1.54) is 12.1 Å². The fourth-order valence-electron chi connectivity index (χ4n) is 2.44. The molecule has 0 bridgehead atoms. The van der Waals surface area contributed by atoms with Gasteiger partial charge in [0.2, 0.25) is 0 Å². The Bertz CT molecular complexity index is 602. The zero-order valence-electron chi connectivity index (χ0n) is 11.9. The van der Waals surface area contributed by atoms with Gasteiger partial charge in [-0.05, 0) is 49.3 Å². The topological polar surface area (TPSA) is 49.4 Å². The molecule has 116 valence electrons. The van der Waals surface area contributed by atoms with Crippen molar-refractivity contribution < 1.29 is 12.8 Å². The summed E-state index contributed by atoms with van der Waals surface area (Å²) < 4.78 is 36.2. The average Bonchev–Trinajstić information content (AvgIpc) is 2.78. The third-order valence-electron chi connectivity index (χ3n) is 3.47. The summed E-state index contributed by atoms with van der Waals surface area (Å²) in [6, 6.07) is 5.86. The fraction of sp³-hybridized carbons (Fsp3) is 0.500. The summed E-state index contributed by atoms with van der Waals surface area (Å²) in [6.45, 7) is 2.73. The highest BCUT2D eigenvalue weighted by molar-refractivity contribution is 7.91. The lowest BCUT2D eigenvalue weighted by molar-refractivity contribution is 0.339. The number of benzene rings is 1. The minimum atomic E-state index is -2.95. The second-order valence-electron chi connectivity index (χ2n) is 5.19. The number of rotatable bonds is 4. The van der Waals surface area contributed by atoms with E-state index >= 15 is 0 Å². The van der Waals surface area contributed by atoms with Crippen LogP contribution < -0.4 is 5.32 Å². The van der Waals surface area contributed by atoms with Gasteiger partial charge in [0.1, 0.15) is 5.82 Å². The maximum Gasteiger partial charge on any atom is 0.173 e. The van der Waals surface area contributed by atoms with Gasteiger partial charge in [-0.25, -0.2) is 12.8 Å². The Hall–Kier alpha value is -1.21. The van der Waals surface area contributed by atoms with E-state index in [0.717, 1.165) is 6.42 Å². The molecule has 0 radical (unpaired) electrons. The zero-order chi connectivity index (χ0) is 15.5. The van der Waals surface area contributed by atoms with Crippen LogP contribution in [0.2, 0.25) is 0 Å². The summed E-state index contributed by atoms with van der Waals surface area (Å²) in [5, 5.41) is 3.55. The van der Waals surface area contributed by atoms with Gasteiger partial charge in [0, 0.05) is 18.3 Å². The second-order valence-corrected chi connectivity index (χ2v) is 7.80. The SMILES string of the molecule is CCCN(C(=S)Nc1ccc(F)cc1)[C@@H]1CCS(=O)(=O)C1. The molecule has 1 saturated heterocycles. The van der Waals surface area contributed by atoms with E-state index in [1.807, 2.05) is 11.8 Å². The number of hydrogen-bond donors (Lipinski definition) is 1. The number of sulfone groups is 1. The van der Waals surface area contributed by atoms with Gasteiger partial charge in [-0.1, -0.05) is 6.92 Å². The average molecular weight is 330 g/mol. The van der Waals surface area contributed by atoms with Crippen molar-refractivity contribution in [1.29, 1.82) is 0 Å². The Kier molecular flexibility index (Phi) is 5.16. The lowest BCUT2D eigenvalue weighted by atomic mass is 10.2. The van der Waals surface area contributed by atoms with Gasteiger partial charge in [0.25, 0.3) is 0 Å². The van der Waals surface area contributed by atoms with Crippen LogP contribution in [0.15, 0.2) is 24.3 Å². The molecule has 2 rings (SSSR count). The molecule has 0 unspecified atom stereocenters. The molecule has 1 N–H and O–H groups in total. The molecule has 0 saturated carbocycles. The monoisotopic (exact) mass is 330 g/mol. The van der Waals surface area contributed by atoms with Crippen molar-refractivity contribution in [3.63, 3.8) is 0 Å². The molecule has 1 atom stereocenters. The minimum absolute atomic E-state index is 0.0737. The number of hydrogen-bond acceptors (Lipinski definition) is 3. The van der Waals surface area contributed by atoms with Crippen LogP contribution in [0.4, 0.5) is 10.1 Å². The van der Waals surface area contributed by atoms with E-state index < -0.39 is 9.84 Å². The first-order valence-electron chi connectivity index (χ1n) is 6.95. The molecular weight excluding hydrogens is 311 g/mol. The van der Waals surface area contributed by atoms with E-state index in [1.54, 1.807) is 12.1 Å². The Morgan fingerprint density at radius 3 is 2.62 bits per heavy atom. The van der Waals surface area contributed by atoms with Crippen molar-refractivity contribution in [1.82, 2.24) is 4.90 Å². The summed E-state index contributed by atoms with van der Waals surface area (Å²) in [4.78, 5) is 1.93. The molecule has 4 nitrogen and oxygen atoms in total. The van der Waals surface area contributed by atoms with Crippen LogP contribution in [0.3, 0.4) is 0 Å². The predicted octanol–water partition coefficient (Wildman–Crippen LogP) is 2.42. The van der Waals surface area contributed by atoms with Gasteiger partial charge >= 0.3 is 0 Å². The van der Waals surface area contributed by atoms with Gasteiger partial charge in [-0.3, -0.25) is 0 Å². The predicted molar refractivity (Wildman–Crippen MR) is 86.7 cm³/mol. The van der Waals surface area contributed by atoms with Gasteiger partial charge in [0.15, 0.2) is 14.9 Å². The first-order chi connectivity index (χ1) is 9.91. The van der Waals surface area contributed by atoms with Gasteiger partial charge < -0.3 is 10.2 Å². The van der Waals surface area contributed by atoms with Crippen molar-refractivity contribution in [2.75, 3.05) is 23.4 Å². The van der Waals surface area contributed by atoms with Crippen LogP contribution in [0.1, 0.15) is 19.8 Å². The number of nitrogens with one attached hydrogen (secondary N) is 1. The van der Waals surface area contributed by atoms with Crippen LogP contribution in [0, 0.1) is 5.82 Å². The summed E-state index contributed by atoms with van der Waals surface area (Å²) >= 11 is 5.39. The van der Waals surface area contributed by atoms with Crippen molar-refractivity contribution in [3.05, 3.63) is 30.1 Å². The van der Waals surface area contributed by atoms with Crippen LogP contribution in [0.25, 0.3) is 0 Å². The Morgan fingerprint density at radius 1 is 1.43 bits per heavy atom. The summed E-state index contributed by atoms with van der Waals surface area (Å²) in [5.41, 5.74) is 0.698. The standard InChI is InChI=1S/C14H19FN2O2S2/c1-2-8-17(13-7-9-21(18,19)10-13)14(20)16-12-5-3-11(15)4-6-12/h3-6,13H,2,7-10H2,1H3,(H,16,20)/t13-/m1/s1. The summed E-state index contributed by atoms with van der Waals surface area (Å²) in [6.07, 6.45) is 1.48. The molecule has 1 aromatic carbocycles. The van der Waals surface area contributed by atoms with Crippen LogP contribution in [0.5, 0.6) is 0 Å². The van der Waals surface area contributed by atoms with E-state index in [4.69, 9.17) is 12.2 Å². The van der Waals surface area contributed by atoms with Crippen LogP contribution >= 0.6 is 12.2 Å². The summed E-state index contributed by atoms with van der Waals surface area (Å²) in [7, 11) is -2.95. The molecule has 0 spiro atoms. The van der Waals surface area contributed by atoms with Crippen molar-refractivity contribution >= 4 is 32.9 Å². The molecule has 0 amide bonds. The first kappa shape index (κ1) is 16.2. The smallest absolute Gasteiger partial charge is 0.173 e. The normalized spacial score (nSPS) is 20.2. The Labute approximate surface area is 130 Å². The van der Waals surface area contributed by atoms with Crippen LogP contribution in [-0.4, -0.2) is 42.5 Å². The molecule has 1 aromatic rings. The van der Waals surface area contributed by atoms with E-state index in [2.05, 4.69) is 5.32 Å². The van der Waals surface area contributed by atoms with Crippen molar-refractivity contribution in [2.45, 2.75) is 25.8 Å². The quantitative estimate of drug-likeness (QED) is 0.859. The molecular formula is C14H19FN2O2S2. The van der Waals surface area contributed by atoms with E-state index in [0.29, 0.717) is 23.8 Å². The molecule has 1 aliphatic heterocycles. The zero-order valence-corrected chi connectivity index (χ0v) is 13.5. The molecule has 21 heavy (non-hydrogen) atoms. The molecule has 1 fully saturated rings. The molecule has 7 heteroatoms. The Balaban J connectivity index is 2.07. The number of thiocarbonyl (C=S) groups is 1. The van der Waals surface area contributed by atoms with Crippen molar-refractivity contribution in [2.24, 2.45) is 0 Å². The summed E-state index contributed by atoms with van der Waals surface area (Å²) in [5.74, 6) is 0.0636.